The first-order valence-corrected chi connectivity index (χ1v) is 10.4. The van der Waals surface area contributed by atoms with Gasteiger partial charge in [0.15, 0.2) is 5.65 Å². The van der Waals surface area contributed by atoms with Crippen molar-refractivity contribution in [3.8, 4) is 22.6 Å². The van der Waals surface area contributed by atoms with Crippen LogP contribution in [0.3, 0.4) is 0 Å². The highest BCUT2D eigenvalue weighted by Gasteiger charge is 2.22. The van der Waals surface area contributed by atoms with Gasteiger partial charge in [0.1, 0.15) is 11.4 Å². The Morgan fingerprint density at radius 2 is 1.59 bits per heavy atom. The van der Waals surface area contributed by atoms with Gasteiger partial charge in [0, 0.05) is 11.6 Å². The largest absolute Gasteiger partial charge is 0.462 e. The molecule has 0 amide bonds. The first-order chi connectivity index (χ1) is 15.5. The molecule has 0 saturated carbocycles. The zero-order valence-corrected chi connectivity index (χ0v) is 18.1. The number of benzene rings is 1. The Morgan fingerprint density at radius 1 is 0.875 bits per heavy atom. The number of nitrogens with one attached hydrogen (secondary N) is 2. The number of aromatic nitrogens is 5. The molecule has 0 radical (unpaired) electrons. The van der Waals surface area contributed by atoms with Gasteiger partial charge >= 0.3 is 11.9 Å². The summed E-state index contributed by atoms with van der Waals surface area (Å²) in [5.41, 5.74) is 4.40. The Hall–Kier alpha value is -4.01. The van der Waals surface area contributed by atoms with Gasteiger partial charge in [0.2, 0.25) is 0 Å². The van der Waals surface area contributed by atoms with Gasteiger partial charge in [-0.05, 0) is 31.9 Å². The third-order valence-electron chi connectivity index (χ3n) is 5.01. The van der Waals surface area contributed by atoms with E-state index in [0.29, 0.717) is 33.7 Å². The fourth-order valence-electron chi connectivity index (χ4n) is 3.41. The van der Waals surface area contributed by atoms with Gasteiger partial charge in [-0.15, -0.1) is 0 Å². The number of carbonyl (C=O) groups is 2. The molecule has 0 bridgehead atoms. The van der Waals surface area contributed by atoms with E-state index in [0.717, 1.165) is 12.0 Å². The number of ether oxygens (including phenoxy) is 2. The summed E-state index contributed by atoms with van der Waals surface area (Å²) in [6.45, 7) is 6.04. The van der Waals surface area contributed by atoms with Crippen molar-refractivity contribution in [2.24, 2.45) is 0 Å². The lowest BCUT2D eigenvalue weighted by Gasteiger charge is -2.07. The van der Waals surface area contributed by atoms with E-state index in [-0.39, 0.29) is 18.9 Å². The summed E-state index contributed by atoms with van der Waals surface area (Å²) in [5.74, 6) is -1.01. The molecule has 0 aliphatic carbocycles. The summed E-state index contributed by atoms with van der Waals surface area (Å²) < 4.78 is 10.3. The van der Waals surface area contributed by atoms with E-state index in [1.807, 2.05) is 24.3 Å². The van der Waals surface area contributed by atoms with Gasteiger partial charge in [0.25, 0.3) is 0 Å². The lowest BCUT2D eigenvalue weighted by atomic mass is 10.0. The Bertz CT molecular complexity index is 1270. The number of nitrogens with zero attached hydrogens (tertiary/aromatic N) is 3. The predicted octanol–water partition coefficient (Wildman–Crippen LogP) is 3.93. The number of pyridine rings is 1. The standard InChI is InChI=1S/C23H23N5O4/c1-4-13-7-9-14(10-8-13)20-19-15(22(29)31-5-2)11-16(24-21(19)28-27-20)17-12-18(26-25-17)23(30)32-6-3/h7-12H,4-6H2,1-3H3,(H,25,26)(H,24,27,28). The number of esters is 2. The molecule has 1 aromatic carbocycles. The lowest BCUT2D eigenvalue weighted by Crippen LogP contribution is -2.06. The quantitative estimate of drug-likeness (QED) is 0.423. The second kappa shape index (κ2) is 9.01. The summed E-state index contributed by atoms with van der Waals surface area (Å²) in [4.78, 5) is 29.4. The molecule has 3 aromatic heterocycles. The summed E-state index contributed by atoms with van der Waals surface area (Å²) in [5, 5.41) is 14.7. The third-order valence-corrected chi connectivity index (χ3v) is 5.01. The lowest BCUT2D eigenvalue weighted by molar-refractivity contribution is 0.0513. The smallest absolute Gasteiger partial charge is 0.356 e. The molecule has 9 nitrogen and oxygen atoms in total. The van der Waals surface area contributed by atoms with Crippen LogP contribution in [-0.2, 0) is 15.9 Å². The topological polar surface area (TPSA) is 123 Å². The number of carbonyl (C=O) groups excluding carboxylic acids is 2. The van der Waals surface area contributed by atoms with E-state index in [2.05, 4.69) is 32.3 Å². The Balaban J connectivity index is 1.84. The van der Waals surface area contributed by atoms with Crippen LogP contribution in [0.5, 0.6) is 0 Å². The van der Waals surface area contributed by atoms with Gasteiger partial charge in [0.05, 0.1) is 35.6 Å². The molecule has 4 aromatic rings. The number of aromatic amines is 2. The zero-order chi connectivity index (χ0) is 22.7. The number of fused-ring (bicyclic) bond motifs is 1. The SMILES string of the molecule is CCOC(=O)c1cc(-c2cc(C(=O)OCC)c3c(-c4ccc(CC)cc4)[nH]nc3n2)n[nH]1. The summed E-state index contributed by atoms with van der Waals surface area (Å²) in [7, 11) is 0. The minimum absolute atomic E-state index is 0.195. The molecule has 0 aliphatic rings. The summed E-state index contributed by atoms with van der Waals surface area (Å²) in [6.07, 6.45) is 0.931. The van der Waals surface area contributed by atoms with Crippen LogP contribution in [0.1, 0.15) is 47.2 Å². The molecule has 2 N–H and O–H groups in total. The van der Waals surface area contributed by atoms with Crippen molar-refractivity contribution in [3.63, 3.8) is 0 Å². The zero-order valence-electron chi connectivity index (χ0n) is 18.1. The highest BCUT2D eigenvalue weighted by Crippen LogP contribution is 2.32. The molecular formula is C23H23N5O4. The molecular weight excluding hydrogens is 410 g/mol. The average molecular weight is 433 g/mol. The predicted molar refractivity (Wildman–Crippen MR) is 118 cm³/mol. The molecule has 0 unspecified atom stereocenters. The molecule has 0 fully saturated rings. The van der Waals surface area contributed by atoms with Crippen molar-refractivity contribution in [1.82, 2.24) is 25.4 Å². The number of H-pyrrole nitrogens is 2. The number of aryl methyl sites for hydroxylation is 1. The van der Waals surface area contributed by atoms with E-state index in [1.165, 1.54) is 11.6 Å². The molecule has 32 heavy (non-hydrogen) atoms. The van der Waals surface area contributed by atoms with Crippen LogP contribution in [0.15, 0.2) is 36.4 Å². The maximum absolute atomic E-state index is 12.8. The van der Waals surface area contributed by atoms with E-state index in [9.17, 15) is 9.59 Å². The second-order valence-electron chi connectivity index (χ2n) is 7.01. The molecule has 9 heteroatoms. The number of hydrogen-bond acceptors (Lipinski definition) is 7. The van der Waals surface area contributed by atoms with Crippen molar-refractivity contribution in [2.45, 2.75) is 27.2 Å². The average Bonchev–Trinajstić information content (AvgIpc) is 3.46. The monoisotopic (exact) mass is 433 g/mol. The van der Waals surface area contributed by atoms with Crippen molar-refractivity contribution in [2.75, 3.05) is 13.2 Å². The highest BCUT2D eigenvalue weighted by atomic mass is 16.5. The van der Waals surface area contributed by atoms with E-state index in [1.54, 1.807) is 19.9 Å². The van der Waals surface area contributed by atoms with E-state index in [4.69, 9.17) is 9.47 Å². The maximum Gasteiger partial charge on any atom is 0.356 e. The molecule has 3 heterocycles. The van der Waals surface area contributed by atoms with Crippen LogP contribution in [-0.4, -0.2) is 50.5 Å². The van der Waals surface area contributed by atoms with Crippen LogP contribution in [0.4, 0.5) is 0 Å². The van der Waals surface area contributed by atoms with Crippen molar-refractivity contribution >= 4 is 23.0 Å². The first-order valence-electron chi connectivity index (χ1n) is 10.4. The fraction of sp³-hybridized carbons (Fsp3) is 0.261. The van der Waals surface area contributed by atoms with Gasteiger partial charge in [-0.3, -0.25) is 10.2 Å². The van der Waals surface area contributed by atoms with Crippen LogP contribution in [0.25, 0.3) is 33.7 Å². The highest BCUT2D eigenvalue weighted by molar-refractivity contribution is 6.09. The first kappa shape index (κ1) is 21.2. The normalized spacial score (nSPS) is 11.0. The van der Waals surface area contributed by atoms with Crippen LogP contribution >= 0.6 is 0 Å². The van der Waals surface area contributed by atoms with Crippen molar-refractivity contribution < 1.29 is 19.1 Å². The van der Waals surface area contributed by atoms with Gasteiger partial charge in [-0.25, -0.2) is 14.6 Å². The Kier molecular flexibility index (Phi) is 5.98. The molecule has 164 valence electrons. The van der Waals surface area contributed by atoms with Gasteiger partial charge < -0.3 is 9.47 Å². The van der Waals surface area contributed by atoms with Crippen LogP contribution in [0.2, 0.25) is 0 Å². The summed E-state index contributed by atoms with van der Waals surface area (Å²) >= 11 is 0. The fourth-order valence-corrected chi connectivity index (χ4v) is 3.41. The van der Waals surface area contributed by atoms with E-state index >= 15 is 0 Å². The molecule has 0 aliphatic heterocycles. The Labute approximate surface area is 184 Å². The number of hydrogen-bond donors (Lipinski definition) is 2. The van der Waals surface area contributed by atoms with Crippen LogP contribution in [0, 0.1) is 0 Å². The number of rotatable bonds is 7. The van der Waals surface area contributed by atoms with Crippen molar-refractivity contribution in [1.29, 1.82) is 0 Å². The van der Waals surface area contributed by atoms with E-state index < -0.39 is 11.9 Å². The molecule has 0 atom stereocenters. The molecule has 0 saturated heterocycles. The molecule has 4 rings (SSSR count). The second-order valence-corrected chi connectivity index (χ2v) is 7.01. The Morgan fingerprint density at radius 3 is 2.28 bits per heavy atom. The van der Waals surface area contributed by atoms with Gasteiger partial charge in [-0.1, -0.05) is 31.2 Å². The third kappa shape index (κ3) is 3.96. The minimum Gasteiger partial charge on any atom is -0.462 e. The maximum atomic E-state index is 12.8. The minimum atomic E-state index is -0.518. The van der Waals surface area contributed by atoms with Gasteiger partial charge in [-0.2, -0.15) is 10.2 Å². The van der Waals surface area contributed by atoms with Crippen LogP contribution < -0.4 is 0 Å². The van der Waals surface area contributed by atoms with Crippen molar-refractivity contribution in [3.05, 3.63) is 53.2 Å². The summed E-state index contributed by atoms with van der Waals surface area (Å²) in [6, 6.07) is 11.2. The molecule has 0 spiro atoms.